The van der Waals surface area contributed by atoms with E-state index in [1.807, 2.05) is 0 Å². The Hall–Kier alpha value is -3.88. The van der Waals surface area contributed by atoms with Crippen molar-refractivity contribution in [3.63, 3.8) is 0 Å². The van der Waals surface area contributed by atoms with Crippen LogP contribution in [0.5, 0.6) is 11.6 Å². The summed E-state index contributed by atoms with van der Waals surface area (Å²) in [7, 11) is 1.44. The molecule has 0 radical (unpaired) electrons. The van der Waals surface area contributed by atoms with Crippen molar-refractivity contribution >= 4 is 11.9 Å². The van der Waals surface area contributed by atoms with Crippen LogP contribution in [0.3, 0.4) is 0 Å². The lowest BCUT2D eigenvalue weighted by molar-refractivity contribution is -0.137. The number of aromatic hydroxyl groups is 1. The molecular weight excluding hydrogens is 381 g/mol. The quantitative estimate of drug-likeness (QED) is 0.563. The molecule has 0 fully saturated rings. The highest BCUT2D eigenvalue weighted by molar-refractivity contribution is 5.93. The first-order chi connectivity index (χ1) is 13.9. The van der Waals surface area contributed by atoms with E-state index in [0.29, 0.717) is 11.3 Å². The third-order valence-corrected chi connectivity index (χ3v) is 4.17. The molecular formula is C20H18FN3O5. The second-order valence-corrected chi connectivity index (χ2v) is 6.15. The number of ether oxygens (including phenoxy) is 1. The number of carboxylic acid groups (broad SMARTS) is 1. The van der Waals surface area contributed by atoms with E-state index in [1.165, 1.54) is 25.3 Å². The predicted molar refractivity (Wildman–Crippen MR) is 101 cm³/mol. The third-order valence-electron chi connectivity index (χ3n) is 4.17. The maximum Gasteiger partial charge on any atom is 0.305 e. The van der Waals surface area contributed by atoms with Crippen LogP contribution >= 0.6 is 0 Å². The normalized spacial score (nSPS) is 11.7. The highest BCUT2D eigenvalue weighted by Crippen LogP contribution is 2.28. The van der Waals surface area contributed by atoms with Gasteiger partial charge in [0.15, 0.2) is 5.69 Å². The van der Waals surface area contributed by atoms with Crippen LogP contribution in [0.15, 0.2) is 54.6 Å². The fourth-order valence-corrected chi connectivity index (χ4v) is 2.88. The minimum absolute atomic E-state index is 0.156. The molecule has 0 saturated heterocycles. The van der Waals surface area contributed by atoms with Crippen molar-refractivity contribution in [2.75, 3.05) is 7.11 Å². The van der Waals surface area contributed by atoms with Gasteiger partial charge in [-0.15, -0.1) is 0 Å². The number of aromatic nitrogens is 2. The molecule has 8 nitrogen and oxygen atoms in total. The minimum atomic E-state index is -1.12. The minimum Gasteiger partial charge on any atom is -0.496 e. The molecule has 3 aromatic rings. The van der Waals surface area contributed by atoms with Gasteiger partial charge in [0.25, 0.3) is 5.91 Å². The molecule has 0 aliphatic carbocycles. The number of aliphatic carboxylic acids is 1. The van der Waals surface area contributed by atoms with Crippen molar-refractivity contribution < 1.29 is 28.9 Å². The van der Waals surface area contributed by atoms with E-state index < -0.39 is 23.7 Å². The lowest BCUT2D eigenvalue weighted by atomic mass is 10.0. The standard InChI is InChI=1S/C20H18FN3O5/c1-29-17-8-3-2-7-14(17)15(11-19(26)27)22-20(28)16-10-18(25)24(23-16)13-6-4-5-12(21)9-13/h2-10,15,25H,11H2,1H3,(H,22,28)(H,26,27)/t15-/m0/s1. The zero-order valence-corrected chi connectivity index (χ0v) is 15.4. The van der Waals surface area contributed by atoms with Crippen molar-refractivity contribution in [1.82, 2.24) is 15.1 Å². The molecule has 0 saturated carbocycles. The van der Waals surface area contributed by atoms with Gasteiger partial charge in [0.05, 0.1) is 25.3 Å². The number of hydrogen-bond acceptors (Lipinski definition) is 5. The molecule has 0 spiro atoms. The van der Waals surface area contributed by atoms with Gasteiger partial charge in [0.1, 0.15) is 11.6 Å². The second kappa shape index (κ2) is 8.42. The summed E-state index contributed by atoms with van der Waals surface area (Å²) in [6.45, 7) is 0. The van der Waals surface area contributed by atoms with E-state index in [2.05, 4.69) is 10.4 Å². The zero-order chi connectivity index (χ0) is 21.0. The number of rotatable bonds is 7. The molecule has 1 amide bonds. The molecule has 0 unspecified atom stereocenters. The number of nitrogens with one attached hydrogen (secondary N) is 1. The maximum atomic E-state index is 13.4. The molecule has 29 heavy (non-hydrogen) atoms. The summed E-state index contributed by atoms with van der Waals surface area (Å²) in [5.74, 6) is -2.29. The van der Waals surface area contributed by atoms with Crippen LogP contribution in [0.4, 0.5) is 4.39 Å². The number of amides is 1. The smallest absolute Gasteiger partial charge is 0.305 e. The Bertz CT molecular complexity index is 1050. The van der Waals surface area contributed by atoms with Gasteiger partial charge in [-0.3, -0.25) is 9.59 Å². The van der Waals surface area contributed by atoms with Gasteiger partial charge in [-0.1, -0.05) is 24.3 Å². The van der Waals surface area contributed by atoms with Crippen LogP contribution in [0, 0.1) is 5.82 Å². The van der Waals surface area contributed by atoms with E-state index in [-0.39, 0.29) is 23.7 Å². The average Bonchev–Trinajstić information content (AvgIpc) is 3.09. The summed E-state index contributed by atoms with van der Waals surface area (Å²) < 4.78 is 19.7. The molecule has 0 bridgehead atoms. The first kappa shape index (κ1) is 19.9. The highest BCUT2D eigenvalue weighted by atomic mass is 19.1. The highest BCUT2D eigenvalue weighted by Gasteiger charge is 2.24. The van der Waals surface area contributed by atoms with Crippen LogP contribution in [-0.2, 0) is 4.79 Å². The fourth-order valence-electron chi connectivity index (χ4n) is 2.88. The third kappa shape index (κ3) is 4.52. The number of benzene rings is 2. The summed E-state index contributed by atoms with van der Waals surface area (Å²) in [6.07, 6.45) is -0.386. The van der Waals surface area contributed by atoms with Crippen LogP contribution in [0.2, 0.25) is 0 Å². The van der Waals surface area contributed by atoms with Gasteiger partial charge >= 0.3 is 5.97 Å². The Labute approximate surface area is 165 Å². The van der Waals surface area contributed by atoms with Crippen molar-refractivity contribution in [3.05, 3.63) is 71.7 Å². The Morgan fingerprint density at radius 1 is 1.21 bits per heavy atom. The molecule has 1 aromatic heterocycles. The molecule has 0 aliphatic rings. The molecule has 3 N–H and O–H groups in total. The number of para-hydroxylation sites is 1. The predicted octanol–water partition coefficient (Wildman–Crippen LogP) is 2.67. The number of carbonyl (C=O) groups excluding carboxylic acids is 1. The van der Waals surface area contributed by atoms with E-state index in [0.717, 1.165) is 16.8 Å². The average molecular weight is 399 g/mol. The number of hydrogen-bond donors (Lipinski definition) is 3. The van der Waals surface area contributed by atoms with Crippen molar-refractivity contribution in [3.8, 4) is 17.3 Å². The Morgan fingerprint density at radius 2 is 1.97 bits per heavy atom. The monoisotopic (exact) mass is 399 g/mol. The van der Waals surface area contributed by atoms with Crippen molar-refractivity contribution in [2.45, 2.75) is 12.5 Å². The summed E-state index contributed by atoms with van der Waals surface area (Å²) in [4.78, 5) is 24.0. The van der Waals surface area contributed by atoms with E-state index in [1.54, 1.807) is 24.3 Å². The van der Waals surface area contributed by atoms with Crippen LogP contribution < -0.4 is 10.1 Å². The lowest BCUT2D eigenvalue weighted by Gasteiger charge is -2.19. The molecule has 9 heteroatoms. The number of carbonyl (C=O) groups is 2. The number of halogens is 1. The molecule has 1 heterocycles. The maximum absolute atomic E-state index is 13.4. The fraction of sp³-hybridized carbons (Fsp3) is 0.150. The Balaban J connectivity index is 1.89. The first-order valence-corrected chi connectivity index (χ1v) is 8.59. The second-order valence-electron chi connectivity index (χ2n) is 6.15. The van der Waals surface area contributed by atoms with Crippen LogP contribution in [0.25, 0.3) is 5.69 Å². The number of methoxy groups -OCH3 is 1. The van der Waals surface area contributed by atoms with E-state index in [9.17, 15) is 24.2 Å². The summed E-state index contributed by atoms with van der Waals surface area (Å²) >= 11 is 0. The largest absolute Gasteiger partial charge is 0.496 e. The molecule has 2 aromatic carbocycles. The van der Waals surface area contributed by atoms with Crippen molar-refractivity contribution in [2.24, 2.45) is 0 Å². The first-order valence-electron chi connectivity index (χ1n) is 8.59. The van der Waals surface area contributed by atoms with Crippen LogP contribution in [0.1, 0.15) is 28.5 Å². The summed E-state index contributed by atoms with van der Waals surface area (Å²) in [5.41, 5.74) is 0.560. The van der Waals surface area contributed by atoms with Gasteiger partial charge in [0, 0.05) is 11.6 Å². The SMILES string of the molecule is COc1ccccc1[C@H](CC(=O)O)NC(=O)c1cc(O)n(-c2cccc(F)c2)n1. The van der Waals surface area contributed by atoms with Gasteiger partial charge in [-0.05, 0) is 24.3 Å². The van der Waals surface area contributed by atoms with Gasteiger partial charge in [0.2, 0.25) is 5.88 Å². The Kier molecular flexibility index (Phi) is 5.77. The van der Waals surface area contributed by atoms with E-state index >= 15 is 0 Å². The van der Waals surface area contributed by atoms with Gasteiger partial charge in [-0.25, -0.2) is 9.07 Å². The molecule has 3 rings (SSSR count). The Morgan fingerprint density at radius 3 is 2.66 bits per heavy atom. The molecule has 150 valence electrons. The van der Waals surface area contributed by atoms with E-state index in [4.69, 9.17) is 4.74 Å². The number of carboxylic acids is 1. The zero-order valence-electron chi connectivity index (χ0n) is 15.4. The van der Waals surface area contributed by atoms with Crippen LogP contribution in [-0.4, -0.2) is 39.0 Å². The number of nitrogens with zero attached hydrogens (tertiary/aromatic N) is 2. The lowest BCUT2D eigenvalue weighted by Crippen LogP contribution is -2.30. The van der Waals surface area contributed by atoms with Gasteiger partial charge < -0.3 is 20.3 Å². The topological polar surface area (TPSA) is 114 Å². The summed E-state index contributed by atoms with van der Waals surface area (Å²) in [6, 6.07) is 12.3. The molecule has 1 atom stereocenters. The van der Waals surface area contributed by atoms with Crippen molar-refractivity contribution in [1.29, 1.82) is 0 Å². The summed E-state index contributed by atoms with van der Waals surface area (Å²) in [5, 5.41) is 25.9. The van der Waals surface area contributed by atoms with Gasteiger partial charge in [-0.2, -0.15) is 5.10 Å². The molecule has 0 aliphatic heterocycles.